The maximum absolute atomic E-state index is 13.3. The van der Waals surface area contributed by atoms with Gasteiger partial charge in [0.1, 0.15) is 11.3 Å². The van der Waals surface area contributed by atoms with Crippen molar-refractivity contribution < 1.29 is 35.5 Å². The number of hydrogen-bond acceptors (Lipinski definition) is 5. The van der Waals surface area contributed by atoms with E-state index in [9.17, 15) is 30.7 Å². The van der Waals surface area contributed by atoms with Gasteiger partial charge in [0.15, 0.2) is 5.16 Å². The van der Waals surface area contributed by atoms with E-state index in [1.807, 2.05) is 10.8 Å². The average molecular weight is 431 g/mol. The molecule has 0 aromatic carbocycles. The van der Waals surface area contributed by atoms with Gasteiger partial charge in [0.2, 0.25) is 0 Å². The fourth-order valence-corrected chi connectivity index (χ4v) is 3.39. The van der Waals surface area contributed by atoms with Crippen molar-refractivity contribution in [2.24, 2.45) is 0 Å². The number of thioether (sulfide) groups is 1. The molecule has 3 aromatic rings. The molecule has 0 aliphatic carbocycles. The minimum absolute atomic E-state index is 0.0952. The molecule has 27 heavy (non-hydrogen) atoms. The molecule has 13 heteroatoms. The number of thiophene rings is 1. The van der Waals surface area contributed by atoms with Gasteiger partial charge in [-0.3, -0.25) is 4.98 Å². The molecule has 0 amide bonds. The normalized spacial score (nSPS) is 13.3. The lowest BCUT2D eigenvalue weighted by atomic mass is 10.3. The topological polar surface area (TPSA) is 50.8 Å². The largest absolute Gasteiger partial charge is 0.474 e. The summed E-state index contributed by atoms with van der Waals surface area (Å²) in [6, 6.07) is 1.62. The lowest BCUT2D eigenvalue weighted by Gasteiger charge is -2.27. The number of nitrogens with one attached hydrogen (secondary N) is 1. The van der Waals surface area contributed by atoms with Gasteiger partial charge < -0.3 is 9.72 Å². The Morgan fingerprint density at radius 3 is 2.52 bits per heavy atom. The number of H-pyrrole nitrogens is 1. The molecule has 0 aliphatic rings. The molecule has 0 spiro atoms. The van der Waals surface area contributed by atoms with Crippen LogP contribution in [0.5, 0.6) is 5.75 Å². The molecule has 0 bridgehead atoms. The fraction of sp³-hybridized carbons (Fsp3) is 0.286. The average Bonchev–Trinajstić information content (AvgIpc) is 3.13. The fourth-order valence-electron chi connectivity index (χ4n) is 1.91. The van der Waals surface area contributed by atoms with E-state index in [2.05, 4.69) is 19.7 Å². The van der Waals surface area contributed by atoms with Crippen LogP contribution in [0.3, 0.4) is 0 Å². The lowest BCUT2D eigenvalue weighted by molar-refractivity contribution is -0.402. The molecular weight excluding hydrogens is 423 g/mol. The summed E-state index contributed by atoms with van der Waals surface area (Å²) in [7, 11) is 0. The molecular formula is C14H8F7N3OS2. The van der Waals surface area contributed by atoms with Crippen molar-refractivity contribution in [3.8, 4) is 5.75 Å². The first-order valence-corrected chi connectivity index (χ1v) is 8.93. The van der Waals surface area contributed by atoms with Gasteiger partial charge in [0.25, 0.3) is 0 Å². The summed E-state index contributed by atoms with van der Waals surface area (Å²) < 4.78 is 92.5. The summed E-state index contributed by atoms with van der Waals surface area (Å²) in [6.07, 6.45) is -11.3. The number of ether oxygens (including phenoxy) is 1. The van der Waals surface area contributed by atoms with Gasteiger partial charge in [-0.2, -0.15) is 30.7 Å². The molecule has 0 atom stereocenters. The Labute approximate surface area is 154 Å². The molecule has 1 N–H and O–H groups in total. The molecule has 0 radical (unpaired) electrons. The Morgan fingerprint density at radius 1 is 1.11 bits per heavy atom. The van der Waals surface area contributed by atoms with Crippen LogP contribution in [0.4, 0.5) is 30.7 Å². The molecule has 0 aliphatic heterocycles. The highest BCUT2D eigenvalue weighted by Gasteiger charge is 2.75. The van der Waals surface area contributed by atoms with Crippen LogP contribution < -0.4 is 4.74 Å². The van der Waals surface area contributed by atoms with E-state index in [0.29, 0.717) is 5.16 Å². The van der Waals surface area contributed by atoms with Crippen LogP contribution in [-0.2, 0) is 5.75 Å². The Balaban J connectivity index is 1.70. The summed E-state index contributed by atoms with van der Waals surface area (Å²) in [6.45, 7) is 0. The zero-order valence-corrected chi connectivity index (χ0v) is 14.5. The van der Waals surface area contributed by atoms with Crippen LogP contribution in [0.1, 0.15) is 5.69 Å². The summed E-state index contributed by atoms with van der Waals surface area (Å²) in [4.78, 5) is 11.1. The third kappa shape index (κ3) is 3.98. The third-order valence-electron chi connectivity index (χ3n) is 3.22. The van der Waals surface area contributed by atoms with Gasteiger partial charge in [-0.25, -0.2) is 4.98 Å². The van der Waals surface area contributed by atoms with Gasteiger partial charge in [0, 0.05) is 28.8 Å². The van der Waals surface area contributed by atoms with Crippen LogP contribution in [-0.4, -0.2) is 33.2 Å². The number of nitrogens with zero attached hydrogens (tertiary/aromatic N) is 2. The van der Waals surface area contributed by atoms with Gasteiger partial charge in [-0.15, -0.1) is 11.3 Å². The SMILES string of the molecule is FC(F)(F)C(F)(F)C(F)(F)Oc1ccnc(CSc2nc3cscc3[nH]2)c1. The Bertz CT molecular complexity index is 910. The predicted octanol–water partition coefficient (Wildman–Crippen LogP) is 5.48. The number of aromatic amines is 1. The van der Waals surface area contributed by atoms with Crippen molar-refractivity contribution in [3.63, 3.8) is 0 Å². The number of pyridine rings is 1. The first-order valence-electron chi connectivity index (χ1n) is 7.00. The maximum Gasteiger partial charge on any atom is 0.474 e. The Morgan fingerprint density at radius 2 is 1.85 bits per heavy atom. The smallest absolute Gasteiger partial charge is 0.428 e. The molecule has 0 saturated heterocycles. The molecule has 146 valence electrons. The van der Waals surface area contributed by atoms with E-state index in [1.165, 1.54) is 11.3 Å². The molecule has 0 unspecified atom stereocenters. The number of imidazole rings is 1. The number of alkyl halides is 7. The van der Waals surface area contributed by atoms with E-state index in [0.717, 1.165) is 41.1 Å². The second-order valence-corrected chi connectivity index (χ2v) is 6.88. The Kier molecular flexibility index (Phi) is 5.01. The maximum atomic E-state index is 13.3. The quantitative estimate of drug-likeness (QED) is 0.415. The zero-order chi connectivity index (χ0) is 19.9. The van der Waals surface area contributed by atoms with Crippen molar-refractivity contribution in [2.45, 2.75) is 29.1 Å². The van der Waals surface area contributed by atoms with Crippen LogP contribution in [0.15, 0.2) is 34.2 Å². The van der Waals surface area contributed by atoms with Gasteiger partial charge in [-0.1, -0.05) is 11.8 Å². The van der Waals surface area contributed by atoms with Crippen molar-refractivity contribution in [1.29, 1.82) is 0 Å². The highest BCUT2D eigenvalue weighted by molar-refractivity contribution is 7.98. The van der Waals surface area contributed by atoms with Crippen molar-refractivity contribution in [1.82, 2.24) is 15.0 Å². The third-order valence-corrected chi connectivity index (χ3v) is 4.86. The molecule has 3 heterocycles. The number of fused-ring (bicyclic) bond motifs is 1. The predicted molar refractivity (Wildman–Crippen MR) is 84.3 cm³/mol. The van der Waals surface area contributed by atoms with Gasteiger partial charge in [-0.05, 0) is 6.07 Å². The Hall–Kier alpha value is -2.02. The van der Waals surface area contributed by atoms with Crippen LogP contribution in [0.25, 0.3) is 11.0 Å². The minimum atomic E-state index is -6.46. The first-order chi connectivity index (χ1) is 12.5. The van der Waals surface area contributed by atoms with Gasteiger partial charge in [0.05, 0.1) is 11.2 Å². The second-order valence-electron chi connectivity index (χ2n) is 5.18. The molecule has 3 rings (SSSR count). The lowest BCUT2D eigenvalue weighted by Crippen LogP contribution is -2.55. The molecule has 4 nitrogen and oxygen atoms in total. The van der Waals surface area contributed by atoms with E-state index >= 15 is 0 Å². The monoisotopic (exact) mass is 431 g/mol. The van der Waals surface area contributed by atoms with Gasteiger partial charge >= 0.3 is 18.2 Å². The second kappa shape index (κ2) is 6.86. The molecule has 0 saturated carbocycles. The number of hydrogen-bond donors (Lipinski definition) is 1. The van der Waals surface area contributed by atoms with Crippen molar-refractivity contribution in [2.75, 3.05) is 0 Å². The van der Waals surface area contributed by atoms with Crippen LogP contribution in [0.2, 0.25) is 0 Å². The van der Waals surface area contributed by atoms with Crippen molar-refractivity contribution >= 4 is 34.1 Å². The van der Waals surface area contributed by atoms with E-state index in [4.69, 9.17) is 0 Å². The number of rotatable bonds is 6. The molecule has 3 aromatic heterocycles. The summed E-state index contributed by atoms with van der Waals surface area (Å²) in [5, 5.41) is 4.16. The van der Waals surface area contributed by atoms with Crippen molar-refractivity contribution in [3.05, 3.63) is 34.8 Å². The van der Waals surface area contributed by atoms with Crippen LogP contribution >= 0.6 is 23.1 Å². The molecule has 0 fully saturated rings. The number of halogens is 7. The van der Waals surface area contributed by atoms with E-state index < -0.39 is 24.0 Å². The highest BCUT2D eigenvalue weighted by atomic mass is 32.2. The minimum Gasteiger partial charge on any atom is -0.428 e. The summed E-state index contributed by atoms with van der Waals surface area (Å²) >= 11 is 2.59. The van der Waals surface area contributed by atoms with Crippen LogP contribution in [0, 0.1) is 0 Å². The first kappa shape index (κ1) is 19.7. The summed E-state index contributed by atoms with van der Waals surface area (Å²) in [5.74, 6) is -7.12. The highest BCUT2D eigenvalue weighted by Crippen LogP contribution is 2.47. The standard InChI is InChI=1S/C14H8F7N3OS2/c15-12(16,13(17,18)19)14(20,21)25-8-1-2-22-7(3-8)4-27-11-23-9-5-26-6-10(9)24-11/h1-3,5-6H,4H2,(H,23,24). The summed E-state index contributed by atoms with van der Waals surface area (Å²) in [5.41, 5.74) is 1.67. The number of aromatic nitrogens is 3. The van der Waals surface area contributed by atoms with E-state index in [1.54, 1.807) is 0 Å². The van der Waals surface area contributed by atoms with E-state index in [-0.39, 0.29) is 11.4 Å². The zero-order valence-electron chi connectivity index (χ0n) is 12.9.